The van der Waals surface area contributed by atoms with Gasteiger partial charge in [-0.1, -0.05) is 12.1 Å². The number of nitrogens with one attached hydrogen (secondary N) is 2. The SMILES string of the molecule is CCOc1ccc(CCNC(=NC)NCc2ccc(-n3ccnc3)nc2)cc1OCC. The molecule has 164 valence electrons. The molecule has 0 atom stereocenters. The van der Waals surface area contributed by atoms with Crippen LogP contribution >= 0.6 is 0 Å². The zero-order valence-electron chi connectivity index (χ0n) is 18.3. The van der Waals surface area contributed by atoms with Crippen LogP contribution in [0.25, 0.3) is 5.82 Å². The molecule has 8 heteroatoms. The zero-order chi connectivity index (χ0) is 21.9. The molecule has 3 rings (SSSR count). The topological polar surface area (TPSA) is 85.6 Å². The van der Waals surface area contributed by atoms with Gasteiger partial charge in [-0.15, -0.1) is 0 Å². The number of pyridine rings is 1. The van der Waals surface area contributed by atoms with Gasteiger partial charge in [0.15, 0.2) is 17.5 Å². The van der Waals surface area contributed by atoms with Gasteiger partial charge in [-0.3, -0.25) is 9.56 Å². The minimum atomic E-state index is 0.608. The van der Waals surface area contributed by atoms with Crippen LogP contribution in [0.3, 0.4) is 0 Å². The second-order valence-corrected chi connectivity index (χ2v) is 6.74. The number of rotatable bonds is 10. The maximum atomic E-state index is 5.71. The minimum Gasteiger partial charge on any atom is -0.490 e. The fourth-order valence-corrected chi connectivity index (χ4v) is 3.05. The number of ether oxygens (including phenoxy) is 2. The molecule has 0 radical (unpaired) electrons. The Balaban J connectivity index is 1.48. The molecular formula is C23H30N6O2. The van der Waals surface area contributed by atoms with Gasteiger partial charge >= 0.3 is 0 Å². The van der Waals surface area contributed by atoms with E-state index in [2.05, 4.69) is 31.7 Å². The van der Waals surface area contributed by atoms with Gasteiger partial charge in [-0.05, 0) is 49.6 Å². The Labute approximate surface area is 183 Å². The number of aromatic nitrogens is 3. The molecule has 1 aromatic carbocycles. The summed E-state index contributed by atoms with van der Waals surface area (Å²) in [5, 5.41) is 6.67. The smallest absolute Gasteiger partial charge is 0.191 e. The first kappa shape index (κ1) is 22.1. The normalized spacial score (nSPS) is 11.3. The van der Waals surface area contributed by atoms with Gasteiger partial charge in [0.2, 0.25) is 0 Å². The summed E-state index contributed by atoms with van der Waals surface area (Å²) in [6, 6.07) is 10.1. The first-order valence-electron chi connectivity index (χ1n) is 10.5. The van der Waals surface area contributed by atoms with Crippen LogP contribution < -0.4 is 20.1 Å². The average molecular weight is 423 g/mol. The summed E-state index contributed by atoms with van der Waals surface area (Å²) in [4.78, 5) is 12.8. The Morgan fingerprint density at radius 2 is 1.84 bits per heavy atom. The Morgan fingerprint density at radius 3 is 2.52 bits per heavy atom. The monoisotopic (exact) mass is 422 g/mol. The van der Waals surface area contributed by atoms with E-state index in [1.165, 1.54) is 5.56 Å². The average Bonchev–Trinajstić information content (AvgIpc) is 3.33. The van der Waals surface area contributed by atoms with Crippen LogP contribution in [-0.4, -0.2) is 47.3 Å². The lowest BCUT2D eigenvalue weighted by Crippen LogP contribution is -2.37. The van der Waals surface area contributed by atoms with Crippen molar-refractivity contribution >= 4 is 5.96 Å². The number of hydrogen-bond donors (Lipinski definition) is 2. The molecule has 0 aliphatic carbocycles. The molecule has 0 unspecified atom stereocenters. The summed E-state index contributed by atoms with van der Waals surface area (Å²) in [6.45, 7) is 6.55. The third-order valence-electron chi connectivity index (χ3n) is 4.58. The number of hydrogen-bond acceptors (Lipinski definition) is 5. The molecule has 0 amide bonds. The molecule has 3 aromatic rings. The molecule has 8 nitrogen and oxygen atoms in total. The van der Waals surface area contributed by atoms with Gasteiger partial charge in [0.25, 0.3) is 0 Å². The van der Waals surface area contributed by atoms with E-state index in [1.807, 2.05) is 55.1 Å². The first-order valence-corrected chi connectivity index (χ1v) is 10.5. The second-order valence-electron chi connectivity index (χ2n) is 6.74. The number of nitrogens with zero attached hydrogens (tertiary/aromatic N) is 4. The molecule has 2 N–H and O–H groups in total. The lowest BCUT2D eigenvalue weighted by atomic mass is 10.1. The molecule has 0 saturated heterocycles. The quantitative estimate of drug-likeness (QED) is 0.386. The Hall–Kier alpha value is -3.55. The number of imidazole rings is 1. The largest absolute Gasteiger partial charge is 0.490 e. The lowest BCUT2D eigenvalue weighted by Gasteiger charge is -2.14. The second kappa shape index (κ2) is 11.6. The maximum Gasteiger partial charge on any atom is 0.191 e. The zero-order valence-corrected chi connectivity index (χ0v) is 18.3. The van der Waals surface area contributed by atoms with Gasteiger partial charge in [-0.2, -0.15) is 0 Å². The van der Waals surface area contributed by atoms with Crippen LogP contribution in [0.1, 0.15) is 25.0 Å². The lowest BCUT2D eigenvalue weighted by molar-refractivity contribution is 0.287. The highest BCUT2D eigenvalue weighted by atomic mass is 16.5. The van der Waals surface area contributed by atoms with Gasteiger partial charge in [-0.25, -0.2) is 9.97 Å². The van der Waals surface area contributed by atoms with E-state index in [9.17, 15) is 0 Å². The predicted octanol–water partition coefficient (Wildman–Crippen LogP) is 2.97. The van der Waals surface area contributed by atoms with Gasteiger partial charge in [0, 0.05) is 38.7 Å². The summed E-state index contributed by atoms with van der Waals surface area (Å²) in [6.07, 6.45) is 8.03. The van der Waals surface area contributed by atoms with E-state index in [0.29, 0.717) is 19.8 Å². The van der Waals surface area contributed by atoms with Crippen molar-refractivity contribution in [3.63, 3.8) is 0 Å². The summed E-state index contributed by atoms with van der Waals surface area (Å²) >= 11 is 0. The van der Waals surface area contributed by atoms with Gasteiger partial charge in [0.05, 0.1) is 13.2 Å². The van der Waals surface area contributed by atoms with Crippen molar-refractivity contribution in [2.24, 2.45) is 4.99 Å². The molecule has 0 saturated carbocycles. The van der Waals surface area contributed by atoms with E-state index in [4.69, 9.17) is 9.47 Å². The number of aliphatic imine (C=N–C) groups is 1. The molecule has 0 spiro atoms. The molecule has 2 heterocycles. The Morgan fingerprint density at radius 1 is 1.03 bits per heavy atom. The Kier molecular flexibility index (Phi) is 8.28. The highest BCUT2D eigenvalue weighted by Crippen LogP contribution is 2.28. The van der Waals surface area contributed by atoms with Crippen molar-refractivity contribution < 1.29 is 9.47 Å². The fourth-order valence-electron chi connectivity index (χ4n) is 3.05. The standard InChI is InChI=1S/C23H30N6O2/c1-4-30-20-8-6-18(14-21(20)31-5-2)10-11-26-23(24-3)28-16-19-7-9-22(27-15-19)29-13-12-25-17-29/h6-9,12-15,17H,4-5,10-11,16H2,1-3H3,(H2,24,26,28). The molecule has 0 fully saturated rings. The van der Waals surface area contributed by atoms with Crippen molar-refractivity contribution in [2.75, 3.05) is 26.8 Å². The van der Waals surface area contributed by atoms with Crippen LogP contribution in [0.2, 0.25) is 0 Å². The van der Waals surface area contributed by atoms with Crippen LogP contribution in [0.15, 0.2) is 60.2 Å². The summed E-state index contributed by atoms with van der Waals surface area (Å²) in [5.41, 5.74) is 2.24. The van der Waals surface area contributed by atoms with Crippen LogP contribution in [0, 0.1) is 0 Å². The summed E-state index contributed by atoms with van der Waals surface area (Å²) in [5.74, 6) is 3.15. The van der Waals surface area contributed by atoms with E-state index in [1.54, 1.807) is 19.6 Å². The van der Waals surface area contributed by atoms with Crippen LogP contribution in [0.4, 0.5) is 0 Å². The fraction of sp³-hybridized carbons (Fsp3) is 0.348. The van der Waals surface area contributed by atoms with Crippen molar-refractivity contribution in [1.82, 2.24) is 25.2 Å². The predicted molar refractivity (Wildman–Crippen MR) is 122 cm³/mol. The van der Waals surface area contributed by atoms with E-state index < -0.39 is 0 Å². The van der Waals surface area contributed by atoms with E-state index in [0.717, 1.165) is 41.8 Å². The maximum absolute atomic E-state index is 5.71. The number of guanidine groups is 1. The van der Waals surface area contributed by atoms with Gasteiger partial charge < -0.3 is 20.1 Å². The van der Waals surface area contributed by atoms with E-state index >= 15 is 0 Å². The van der Waals surface area contributed by atoms with E-state index in [-0.39, 0.29) is 0 Å². The molecular weight excluding hydrogens is 392 g/mol. The van der Waals surface area contributed by atoms with Crippen LogP contribution in [0.5, 0.6) is 11.5 Å². The highest BCUT2D eigenvalue weighted by Gasteiger charge is 2.07. The van der Waals surface area contributed by atoms with Crippen molar-refractivity contribution in [3.8, 4) is 17.3 Å². The molecule has 0 aliphatic rings. The molecule has 0 bridgehead atoms. The molecule has 2 aromatic heterocycles. The number of benzene rings is 1. The minimum absolute atomic E-state index is 0.608. The van der Waals surface area contributed by atoms with Gasteiger partial charge in [0.1, 0.15) is 12.1 Å². The van der Waals surface area contributed by atoms with Crippen molar-refractivity contribution in [1.29, 1.82) is 0 Å². The summed E-state index contributed by atoms with van der Waals surface area (Å²) in [7, 11) is 1.76. The summed E-state index contributed by atoms with van der Waals surface area (Å²) < 4.78 is 13.2. The Bertz CT molecular complexity index is 955. The van der Waals surface area contributed by atoms with Crippen molar-refractivity contribution in [2.45, 2.75) is 26.8 Å². The third-order valence-corrected chi connectivity index (χ3v) is 4.58. The highest BCUT2D eigenvalue weighted by molar-refractivity contribution is 5.79. The third kappa shape index (κ3) is 6.47. The van der Waals surface area contributed by atoms with Crippen molar-refractivity contribution in [3.05, 3.63) is 66.4 Å². The molecule has 0 aliphatic heterocycles. The molecule has 31 heavy (non-hydrogen) atoms. The first-order chi connectivity index (χ1) is 15.2. The van der Waals surface area contributed by atoms with Crippen LogP contribution in [-0.2, 0) is 13.0 Å².